The molecule has 0 N–H and O–H groups in total. The Morgan fingerprint density at radius 3 is 2.38 bits per heavy atom. The first kappa shape index (κ1) is 18.9. The van der Waals surface area contributed by atoms with E-state index in [1.54, 1.807) is 24.3 Å². The van der Waals surface area contributed by atoms with Crippen LogP contribution in [0.5, 0.6) is 0 Å². The highest BCUT2D eigenvalue weighted by Crippen LogP contribution is 2.28. The van der Waals surface area contributed by atoms with Crippen molar-refractivity contribution in [2.75, 3.05) is 0 Å². The van der Waals surface area contributed by atoms with Gasteiger partial charge in [0.25, 0.3) is 5.91 Å². The molecule has 0 bridgehead atoms. The van der Waals surface area contributed by atoms with Gasteiger partial charge in [0.1, 0.15) is 0 Å². The van der Waals surface area contributed by atoms with Crippen LogP contribution in [0.1, 0.15) is 29.1 Å². The summed E-state index contributed by atoms with van der Waals surface area (Å²) in [6.07, 6.45) is 0.860. The van der Waals surface area contributed by atoms with Crippen molar-refractivity contribution in [2.24, 2.45) is 4.99 Å². The van der Waals surface area contributed by atoms with E-state index >= 15 is 0 Å². The Hall–Kier alpha value is -1.88. The van der Waals surface area contributed by atoms with Gasteiger partial charge in [0, 0.05) is 16.4 Å². The summed E-state index contributed by atoms with van der Waals surface area (Å²) in [7, 11) is 0. The lowest BCUT2D eigenvalue weighted by molar-refractivity contribution is 0.0998. The van der Waals surface area contributed by atoms with E-state index in [0.29, 0.717) is 27.0 Å². The highest BCUT2D eigenvalue weighted by molar-refractivity contribution is 7.09. The van der Waals surface area contributed by atoms with Crippen LogP contribution >= 0.6 is 34.5 Å². The zero-order valence-electron chi connectivity index (χ0n) is 14.5. The summed E-state index contributed by atoms with van der Waals surface area (Å²) in [4.78, 5) is 18.8. The Morgan fingerprint density at radius 2 is 1.77 bits per heavy atom. The van der Waals surface area contributed by atoms with Crippen LogP contribution in [0.15, 0.2) is 53.5 Å². The normalized spacial score (nSPS) is 11.8. The number of aryl methyl sites for hydroxylation is 1. The lowest BCUT2D eigenvalue weighted by atomic mass is 10.1. The van der Waals surface area contributed by atoms with Crippen molar-refractivity contribution in [1.82, 2.24) is 4.57 Å². The van der Waals surface area contributed by atoms with E-state index in [1.807, 2.05) is 31.2 Å². The summed E-state index contributed by atoms with van der Waals surface area (Å²) in [5, 5.41) is 1.11. The largest absolute Gasteiger partial charge is 0.316 e. The molecule has 0 saturated carbocycles. The van der Waals surface area contributed by atoms with Gasteiger partial charge >= 0.3 is 0 Å². The number of carbonyl (C=O) groups excluding carboxylic acids is 1. The smallest absolute Gasteiger partial charge is 0.281 e. The second kappa shape index (κ2) is 8.21. The summed E-state index contributed by atoms with van der Waals surface area (Å²) >= 11 is 13.7. The SMILES string of the molecule is CCc1sc(=NC(=O)c2ccccc2Cl)n(CC)c1-c1ccc(Cl)cc1. The number of halogens is 2. The zero-order chi connectivity index (χ0) is 18.7. The monoisotopic (exact) mass is 404 g/mol. The summed E-state index contributed by atoms with van der Waals surface area (Å²) in [6, 6.07) is 14.7. The molecule has 0 radical (unpaired) electrons. The molecule has 2 aromatic carbocycles. The van der Waals surface area contributed by atoms with Gasteiger partial charge in [-0.25, -0.2) is 0 Å². The maximum absolute atomic E-state index is 12.6. The molecule has 0 aliphatic carbocycles. The molecule has 0 saturated heterocycles. The molecule has 1 amide bonds. The van der Waals surface area contributed by atoms with Gasteiger partial charge in [-0.3, -0.25) is 4.79 Å². The second-order valence-electron chi connectivity index (χ2n) is 5.66. The number of hydrogen-bond acceptors (Lipinski definition) is 2. The summed E-state index contributed by atoms with van der Waals surface area (Å²) < 4.78 is 2.07. The van der Waals surface area contributed by atoms with Crippen LogP contribution < -0.4 is 4.80 Å². The minimum atomic E-state index is -0.329. The molecule has 3 rings (SSSR count). The van der Waals surface area contributed by atoms with Gasteiger partial charge in [0.05, 0.1) is 16.3 Å². The maximum Gasteiger partial charge on any atom is 0.281 e. The summed E-state index contributed by atoms with van der Waals surface area (Å²) in [6.45, 7) is 4.86. The van der Waals surface area contributed by atoms with Gasteiger partial charge in [-0.05, 0) is 43.2 Å². The lowest BCUT2D eigenvalue weighted by Gasteiger charge is -2.08. The molecule has 26 heavy (non-hydrogen) atoms. The average Bonchev–Trinajstić information content (AvgIpc) is 3.00. The fraction of sp³-hybridized carbons (Fsp3) is 0.200. The molecular formula is C20H18Cl2N2OS. The number of amides is 1. The molecule has 0 aliphatic rings. The van der Waals surface area contributed by atoms with Crippen molar-refractivity contribution < 1.29 is 4.79 Å². The van der Waals surface area contributed by atoms with Gasteiger partial charge in [0.15, 0.2) is 4.80 Å². The number of thiazole rings is 1. The first-order chi connectivity index (χ1) is 12.5. The molecule has 3 aromatic rings. The Labute approximate surface area is 166 Å². The molecule has 0 spiro atoms. The van der Waals surface area contributed by atoms with Gasteiger partial charge in [0.2, 0.25) is 0 Å². The minimum absolute atomic E-state index is 0.329. The van der Waals surface area contributed by atoms with Gasteiger partial charge < -0.3 is 4.57 Å². The third-order valence-corrected chi connectivity index (χ3v) is 5.84. The van der Waals surface area contributed by atoms with Gasteiger partial charge in [-0.2, -0.15) is 4.99 Å². The molecular weight excluding hydrogens is 387 g/mol. The molecule has 1 heterocycles. The molecule has 6 heteroatoms. The van der Waals surface area contributed by atoms with Crippen LogP contribution in [0.25, 0.3) is 11.3 Å². The summed E-state index contributed by atoms with van der Waals surface area (Å²) in [5.41, 5.74) is 2.56. The van der Waals surface area contributed by atoms with Crippen LogP contribution in [0.4, 0.5) is 0 Å². The van der Waals surface area contributed by atoms with E-state index in [0.717, 1.165) is 17.7 Å². The average molecular weight is 405 g/mol. The minimum Gasteiger partial charge on any atom is -0.316 e. The number of aromatic nitrogens is 1. The van der Waals surface area contributed by atoms with Gasteiger partial charge in [-0.15, -0.1) is 11.3 Å². The van der Waals surface area contributed by atoms with Crippen molar-refractivity contribution in [3.8, 4) is 11.3 Å². The van der Waals surface area contributed by atoms with E-state index in [1.165, 1.54) is 16.2 Å². The number of carbonyl (C=O) groups is 1. The second-order valence-corrected chi connectivity index (χ2v) is 7.56. The van der Waals surface area contributed by atoms with Crippen LogP contribution in [0.2, 0.25) is 10.0 Å². The molecule has 134 valence electrons. The van der Waals surface area contributed by atoms with Crippen molar-refractivity contribution in [1.29, 1.82) is 0 Å². The van der Waals surface area contributed by atoms with E-state index < -0.39 is 0 Å². The van der Waals surface area contributed by atoms with E-state index in [-0.39, 0.29) is 5.91 Å². The van der Waals surface area contributed by atoms with E-state index in [4.69, 9.17) is 23.2 Å². The Balaban J connectivity index is 2.15. The Bertz CT molecular complexity index is 1000. The predicted octanol–water partition coefficient (Wildman–Crippen LogP) is 5.85. The van der Waals surface area contributed by atoms with Crippen LogP contribution in [0, 0.1) is 0 Å². The van der Waals surface area contributed by atoms with Gasteiger partial charge in [-0.1, -0.05) is 54.4 Å². The fourth-order valence-corrected chi connectivity index (χ4v) is 4.27. The lowest BCUT2D eigenvalue weighted by Crippen LogP contribution is -2.17. The van der Waals surface area contributed by atoms with E-state index in [2.05, 4.69) is 16.5 Å². The highest BCUT2D eigenvalue weighted by Gasteiger charge is 2.15. The number of rotatable bonds is 4. The Kier molecular flexibility index (Phi) is 5.97. The fourth-order valence-electron chi connectivity index (χ4n) is 2.78. The van der Waals surface area contributed by atoms with Crippen LogP contribution in [0.3, 0.4) is 0 Å². The summed E-state index contributed by atoms with van der Waals surface area (Å²) in [5.74, 6) is -0.329. The third kappa shape index (κ3) is 3.78. The van der Waals surface area contributed by atoms with Crippen molar-refractivity contribution >= 4 is 40.4 Å². The molecule has 0 unspecified atom stereocenters. The number of benzene rings is 2. The molecule has 0 atom stereocenters. The first-order valence-corrected chi connectivity index (χ1v) is 9.94. The molecule has 1 aromatic heterocycles. The highest BCUT2D eigenvalue weighted by atomic mass is 35.5. The number of nitrogens with zero attached hydrogens (tertiary/aromatic N) is 2. The van der Waals surface area contributed by atoms with Crippen molar-refractivity contribution in [2.45, 2.75) is 26.8 Å². The zero-order valence-corrected chi connectivity index (χ0v) is 16.8. The quantitative estimate of drug-likeness (QED) is 0.536. The first-order valence-electron chi connectivity index (χ1n) is 8.37. The number of hydrogen-bond donors (Lipinski definition) is 0. The molecule has 3 nitrogen and oxygen atoms in total. The predicted molar refractivity (Wildman–Crippen MR) is 109 cm³/mol. The standard InChI is InChI=1S/C20H18Cl2N2OS/c1-3-17-18(13-9-11-14(21)12-10-13)24(4-2)20(26-17)23-19(25)15-7-5-6-8-16(15)22/h5-12H,3-4H2,1-2H3. The molecule has 0 fully saturated rings. The Morgan fingerprint density at radius 1 is 1.08 bits per heavy atom. The van der Waals surface area contributed by atoms with Crippen molar-refractivity contribution in [3.05, 3.63) is 73.8 Å². The van der Waals surface area contributed by atoms with Crippen molar-refractivity contribution in [3.63, 3.8) is 0 Å². The molecule has 0 aliphatic heterocycles. The van der Waals surface area contributed by atoms with Crippen LogP contribution in [-0.4, -0.2) is 10.5 Å². The topological polar surface area (TPSA) is 34.4 Å². The third-order valence-electron chi connectivity index (χ3n) is 4.04. The maximum atomic E-state index is 12.6. The van der Waals surface area contributed by atoms with E-state index in [9.17, 15) is 4.79 Å². The van der Waals surface area contributed by atoms with Crippen LogP contribution in [-0.2, 0) is 13.0 Å².